The van der Waals surface area contributed by atoms with E-state index in [1.807, 2.05) is 0 Å². The van der Waals surface area contributed by atoms with E-state index >= 15 is 0 Å². The molecule has 0 saturated heterocycles. The first-order valence-electron chi connectivity index (χ1n) is 43.0. The van der Waals surface area contributed by atoms with Crippen molar-refractivity contribution >= 4 is 23.1 Å². The summed E-state index contributed by atoms with van der Waals surface area (Å²) in [5, 5.41) is 61.9. The number of hydrogen-bond acceptors (Lipinski definition) is 10. The minimum Gasteiger partial charge on any atom is -0.393 e. The Balaban J connectivity index is 0. The molecule has 0 amide bonds. The lowest BCUT2D eigenvalue weighted by Gasteiger charge is -2.29. The van der Waals surface area contributed by atoms with Gasteiger partial charge in [-0.2, -0.15) is 0 Å². The van der Waals surface area contributed by atoms with E-state index in [2.05, 4.69) is 27.7 Å². The van der Waals surface area contributed by atoms with E-state index in [1.165, 1.54) is 334 Å². The van der Waals surface area contributed by atoms with Crippen molar-refractivity contribution in [2.45, 2.75) is 513 Å². The first kappa shape index (κ1) is 96.5. The summed E-state index contributed by atoms with van der Waals surface area (Å²) in [6.07, 6.45) is 82.2. The topological polar surface area (TPSA) is 190 Å². The molecule has 0 aliphatic carbocycles. The van der Waals surface area contributed by atoms with Gasteiger partial charge in [0.25, 0.3) is 0 Å². The lowest BCUT2D eigenvalue weighted by Crippen LogP contribution is -2.55. The SMILES string of the molecule is CCCCCCCCCCCCCCCC(=O)C(O)C(O)(CO)C(=O)CCCCCCCCCCCCCCC.CCCCCCCCCCCCCCCCCCCCCCCC(=O)C(O)C(O)(CO)C(=O)CCCCCCCCCCCCCCCCCCCCCCC. The lowest BCUT2D eigenvalue weighted by atomic mass is 9.85. The molecule has 10 heteroatoms. The lowest BCUT2D eigenvalue weighted by molar-refractivity contribution is -0.165. The van der Waals surface area contributed by atoms with Crippen molar-refractivity contribution in [3.63, 3.8) is 0 Å². The van der Waals surface area contributed by atoms with Gasteiger partial charge < -0.3 is 30.6 Å². The highest BCUT2D eigenvalue weighted by Gasteiger charge is 2.46. The average molecular weight is 1360 g/mol. The van der Waals surface area contributed by atoms with Crippen molar-refractivity contribution in [1.29, 1.82) is 0 Å². The number of carbonyl (C=O) groups excluding carboxylic acids is 4. The molecule has 0 fully saturated rings. The fourth-order valence-corrected chi connectivity index (χ4v) is 14.0. The first-order valence-corrected chi connectivity index (χ1v) is 43.0. The summed E-state index contributed by atoms with van der Waals surface area (Å²) in [6.45, 7) is 7.22. The van der Waals surface area contributed by atoms with Crippen LogP contribution in [0.5, 0.6) is 0 Å². The van der Waals surface area contributed by atoms with Crippen LogP contribution < -0.4 is 0 Å². The fraction of sp³-hybridized carbons (Fsp3) is 0.953. The van der Waals surface area contributed by atoms with E-state index < -0.39 is 59.8 Å². The van der Waals surface area contributed by atoms with Crippen LogP contribution in [-0.4, -0.2) is 90.4 Å². The van der Waals surface area contributed by atoms with Gasteiger partial charge in [-0.15, -0.1) is 0 Å². The predicted molar refractivity (Wildman–Crippen MR) is 411 cm³/mol. The van der Waals surface area contributed by atoms with Gasteiger partial charge in [0.15, 0.2) is 46.5 Å². The Morgan fingerprint density at radius 1 is 0.208 bits per heavy atom. The zero-order chi connectivity index (χ0) is 70.8. The van der Waals surface area contributed by atoms with Gasteiger partial charge in [-0.25, -0.2) is 0 Å². The van der Waals surface area contributed by atoms with Crippen molar-refractivity contribution < 1.29 is 49.8 Å². The molecule has 96 heavy (non-hydrogen) atoms. The number of unbranched alkanes of at least 4 members (excludes halogenated alkanes) is 64. The van der Waals surface area contributed by atoms with Gasteiger partial charge >= 0.3 is 0 Å². The highest BCUT2D eigenvalue weighted by molar-refractivity contribution is 5.97. The Bertz CT molecular complexity index is 1620. The van der Waals surface area contributed by atoms with Crippen molar-refractivity contribution in [3.8, 4) is 0 Å². The van der Waals surface area contributed by atoms with Crippen LogP contribution in [0, 0.1) is 0 Å². The van der Waals surface area contributed by atoms with Crippen LogP contribution in [0.25, 0.3) is 0 Å². The number of rotatable bonds is 80. The molecule has 4 atom stereocenters. The maximum atomic E-state index is 12.8. The molecule has 0 aromatic carbocycles. The third-order valence-electron chi connectivity index (χ3n) is 21.0. The van der Waals surface area contributed by atoms with Gasteiger partial charge in [-0.3, -0.25) is 19.2 Å². The van der Waals surface area contributed by atoms with E-state index in [0.717, 1.165) is 77.0 Å². The molecule has 0 aliphatic heterocycles. The molecule has 0 rings (SSSR count). The molecule has 0 aromatic rings. The minimum atomic E-state index is -2.38. The number of Topliss-reactive ketones (excluding diaryl/α,β-unsaturated/α-hetero) is 4. The second-order valence-electron chi connectivity index (χ2n) is 30.4. The van der Waals surface area contributed by atoms with E-state index in [0.29, 0.717) is 25.7 Å². The monoisotopic (exact) mass is 1360 g/mol. The normalized spacial score (nSPS) is 13.5. The summed E-state index contributed by atoms with van der Waals surface area (Å²) in [5.74, 6) is -2.31. The summed E-state index contributed by atoms with van der Waals surface area (Å²) in [7, 11) is 0. The minimum absolute atomic E-state index is 0.0813. The number of aliphatic hydroxyl groups excluding tert-OH is 4. The summed E-state index contributed by atoms with van der Waals surface area (Å²) in [4.78, 5) is 50.5. The third-order valence-corrected chi connectivity index (χ3v) is 21.0. The second-order valence-corrected chi connectivity index (χ2v) is 30.4. The largest absolute Gasteiger partial charge is 0.393 e. The summed E-state index contributed by atoms with van der Waals surface area (Å²) < 4.78 is 0. The molecule has 0 saturated carbocycles. The van der Waals surface area contributed by atoms with Crippen LogP contribution >= 0.6 is 0 Å². The molecule has 10 nitrogen and oxygen atoms in total. The van der Waals surface area contributed by atoms with Gasteiger partial charge in [0, 0.05) is 25.7 Å². The van der Waals surface area contributed by atoms with Crippen molar-refractivity contribution in [2.75, 3.05) is 13.2 Å². The van der Waals surface area contributed by atoms with Crippen molar-refractivity contribution in [3.05, 3.63) is 0 Å². The molecule has 6 N–H and O–H groups in total. The third kappa shape index (κ3) is 61.1. The summed E-state index contributed by atoms with van der Waals surface area (Å²) in [5.41, 5.74) is -4.75. The standard InChI is InChI=1S/C51H100O5.C35H68O5/c1-3-5-7-9-11-13-15-17-19-21-23-25-27-29-31-33-35-37-39-41-43-45-48(53)50(55)51(56,47-52)49(54)46-44-42-40-38-36-34-32-30-28-26-24-22-20-18-16-14-12-10-8-6-4-2;1-3-5-7-9-11-13-15-17-19-21-23-25-27-29-32(37)34(39)35(40,31-36)33(38)30-28-26-24-22-20-18-16-14-12-10-8-6-4-2/h50,52,55-56H,3-47H2,1-2H3;34,36,39-40H,3-31H2,1-2H3. The van der Waals surface area contributed by atoms with Gasteiger partial charge in [0.05, 0.1) is 13.2 Å². The van der Waals surface area contributed by atoms with Crippen LogP contribution in [0.4, 0.5) is 0 Å². The first-order chi connectivity index (χ1) is 46.9. The van der Waals surface area contributed by atoms with E-state index in [-0.39, 0.29) is 25.7 Å². The van der Waals surface area contributed by atoms with E-state index in [4.69, 9.17) is 0 Å². The zero-order valence-corrected chi connectivity index (χ0v) is 64.8. The van der Waals surface area contributed by atoms with Crippen LogP contribution in [0.15, 0.2) is 0 Å². The Labute approximate surface area is 596 Å². The zero-order valence-electron chi connectivity index (χ0n) is 64.8. The van der Waals surface area contributed by atoms with Crippen LogP contribution in [0.2, 0.25) is 0 Å². The second kappa shape index (κ2) is 76.1. The molecule has 0 aromatic heterocycles. The van der Waals surface area contributed by atoms with E-state index in [9.17, 15) is 49.8 Å². The van der Waals surface area contributed by atoms with Crippen LogP contribution in [0.3, 0.4) is 0 Å². The molecule has 0 spiro atoms. The molecule has 0 heterocycles. The highest BCUT2D eigenvalue weighted by Crippen LogP contribution is 2.25. The molecule has 4 unspecified atom stereocenters. The molecule has 0 radical (unpaired) electrons. The smallest absolute Gasteiger partial charge is 0.178 e. The van der Waals surface area contributed by atoms with Crippen molar-refractivity contribution in [1.82, 2.24) is 0 Å². The van der Waals surface area contributed by atoms with Crippen molar-refractivity contribution in [2.24, 2.45) is 0 Å². The number of ketones is 4. The maximum absolute atomic E-state index is 12.8. The number of carbonyl (C=O) groups is 4. The van der Waals surface area contributed by atoms with Crippen LogP contribution in [0.1, 0.15) is 490 Å². The fourth-order valence-electron chi connectivity index (χ4n) is 14.0. The Hall–Kier alpha value is -1.56. The van der Waals surface area contributed by atoms with Gasteiger partial charge in [-0.05, 0) is 25.7 Å². The van der Waals surface area contributed by atoms with Gasteiger partial charge in [-0.1, -0.05) is 439 Å². The predicted octanol–water partition coefficient (Wildman–Crippen LogP) is 24.6. The van der Waals surface area contributed by atoms with E-state index in [1.54, 1.807) is 0 Å². The van der Waals surface area contributed by atoms with Crippen LogP contribution in [-0.2, 0) is 19.2 Å². The Kier molecular flexibility index (Phi) is 76.5. The van der Waals surface area contributed by atoms with Gasteiger partial charge in [0.1, 0.15) is 0 Å². The molecular weight excluding hydrogens is 1190 g/mol. The average Bonchev–Trinajstić information content (AvgIpc) is 0.839. The Morgan fingerprint density at radius 2 is 0.323 bits per heavy atom. The molecule has 0 aliphatic rings. The highest BCUT2D eigenvalue weighted by atomic mass is 16.4. The summed E-state index contributed by atoms with van der Waals surface area (Å²) in [6, 6.07) is 0. The van der Waals surface area contributed by atoms with Gasteiger partial charge in [0.2, 0.25) is 0 Å². The Morgan fingerprint density at radius 3 is 0.448 bits per heavy atom. The number of aliphatic hydroxyl groups is 6. The quantitative estimate of drug-likeness (QED) is 0.0320. The molecule has 572 valence electrons. The molecular formula is C86H168O10. The molecule has 0 bridgehead atoms. The maximum Gasteiger partial charge on any atom is 0.178 e. The number of hydrogen-bond donors (Lipinski definition) is 6. The summed E-state index contributed by atoms with van der Waals surface area (Å²) >= 11 is 0.